The molecule has 0 bridgehead atoms. The quantitative estimate of drug-likeness (QED) is 0.529. The summed E-state index contributed by atoms with van der Waals surface area (Å²) < 4.78 is 5.54. The van der Waals surface area contributed by atoms with E-state index in [4.69, 9.17) is 11.2 Å². The van der Waals surface area contributed by atoms with E-state index in [9.17, 15) is 0 Å². The van der Waals surface area contributed by atoms with Crippen LogP contribution in [0.4, 0.5) is 0 Å². The van der Waals surface area contributed by atoms with Crippen molar-refractivity contribution in [1.29, 1.82) is 0 Å². The summed E-state index contributed by atoms with van der Waals surface area (Å²) >= 11 is 0. The van der Waals surface area contributed by atoms with E-state index in [1.807, 2.05) is 18.2 Å². The fourth-order valence-corrected chi connectivity index (χ4v) is 2.00. The zero-order valence-electron chi connectivity index (χ0n) is 13.6. The molecule has 0 aromatic heterocycles. The third-order valence-corrected chi connectivity index (χ3v) is 3.59. The van der Waals surface area contributed by atoms with Crippen molar-refractivity contribution in [3.63, 3.8) is 0 Å². The summed E-state index contributed by atoms with van der Waals surface area (Å²) in [6.07, 6.45) is 7.64. The van der Waals surface area contributed by atoms with E-state index in [2.05, 4.69) is 43.1 Å². The molecule has 0 fully saturated rings. The molecule has 0 radical (unpaired) electrons. The molecule has 0 unspecified atom stereocenters. The van der Waals surface area contributed by atoms with Crippen LogP contribution in [-0.4, -0.2) is 37.7 Å². The number of ether oxygens (including phenoxy) is 1. The molecule has 0 aliphatic rings. The molecule has 3 heteroatoms. The molecule has 3 nitrogen and oxygen atoms in total. The first-order valence-corrected chi connectivity index (χ1v) is 7.70. The Bertz CT molecular complexity index is 437. The van der Waals surface area contributed by atoms with Gasteiger partial charge in [-0.15, -0.1) is 6.42 Å². The molecule has 0 saturated heterocycles. The molecule has 0 amide bonds. The molecule has 1 aromatic carbocycles. The molecule has 0 spiro atoms. The van der Waals surface area contributed by atoms with Crippen LogP contribution in [0.2, 0.25) is 0 Å². The molecule has 0 atom stereocenters. The van der Waals surface area contributed by atoms with Gasteiger partial charge < -0.3 is 15.0 Å². The number of unbranched alkanes of at least 4 members (excludes halogenated alkanes) is 1. The van der Waals surface area contributed by atoms with Gasteiger partial charge in [0.2, 0.25) is 0 Å². The van der Waals surface area contributed by atoms with E-state index in [1.165, 1.54) is 12.8 Å². The van der Waals surface area contributed by atoms with Gasteiger partial charge in [0, 0.05) is 18.2 Å². The molecule has 1 aromatic rings. The molecule has 0 saturated carbocycles. The zero-order chi connectivity index (χ0) is 15.5. The van der Waals surface area contributed by atoms with Crippen LogP contribution in [0.5, 0.6) is 5.75 Å². The second-order valence-corrected chi connectivity index (χ2v) is 5.56. The molecule has 0 aliphatic carbocycles. The van der Waals surface area contributed by atoms with Gasteiger partial charge in [-0.25, -0.2) is 0 Å². The van der Waals surface area contributed by atoms with Crippen LogP contribution < -0.4 is 10.1 Å². The summed E-state index contributed by atoms with van der Waals surface area (Å²) in [7, 11) is 2.18. The van der Waals surface area contributed by atoms with Crippen molar-refractivity contribution in [2.45, 2.75) is 39.3 Å². The van der Waals surface area contributed by atoms with Gasteiger partial charge in [-0.2, -0.15) is 0 Å². The fraction of sp³-hybridized carbons (Fsp3) is 0.556. The van der Waals surface area contributed by atoms with Gasteiger partial charge in [-0.3, -0.25) is 0 Å². The Morgan fingerprint density at radius 2 is 2.05 bits per heavy atom. The highest BCUT2D eigenvalue weighted by atomic mass is 16.5. The standard InChI is InChI=1S/C18H28N2O/c1-5-14-21-18-11-7-6-10-17(18)15-19-12-8-9-13-20(4)16(2)3/h1,6-7,10-11,16,19H,8-9,12-15H2,2-4H3. The van der Waals surface area contributed by atoms with Gasteiger partial charge in [0.25, 0.3) is 0 Å². The van der Waals surface area contributed by atoms with E-state index < -0.39 is 0 Å². The lowest BCUT2D eigenvalue weighted by molar-refractivity contribution is 0.268. The Morgan fingerprint density at radius 1 is 1.29 bits per heavy atom. The first-order valence-electron chi connectivity index (χ1n) is 7.70. The van der Waals surface area contributed by atoms with Crippen LogP contribution in [0.25, 0.3) is 0 Å². The molecule has 1 rings (SSSR count). The summed E-state index contributed by atoms with van der Waals surface area (Å²) in [4.78, 5) is 2.38. The Morgan fingerprint density at radius 3 is 2.76 bits per heavy atom. The first kappa shape index (κ1) is 17.6. The molecule has 116 valence electrons. The fourth-order valence-electron chi connectivity index (χ4n) is 2.00. The number of benzene rings is 1. The van der Waals surface area contributed by atoms with Crippen LogP contribution in [-0.2, 0) is 6.54 Å². The van der Waals surface area contributed by atoms with Crippen molar-refractivity contribution in [3.8, 4) is 18.1 Å². The van der Waals surface area contributed by atoms with Gasteiger partial charge in [0.15, 0.2) is 0 Å². The van der Waals surface area contributed by atoms with Crippen molar-refractivity contribution in [2.75, 3.05) is 26.7 Å². The summed E-state index contributed by atoms with van der Waals surface area (Å²) in [5.74, 6) is 3.38. The second-order valence-electron chi connectivity index (χ2n) is 5.56. The number of nitrogens with one attached hydrogen (secondary N) is 1. The van der Waals surface area contributed by atoms with Crippen molar-refractivity contribution in [2.24, 2.45) is 0 Å². The first-order chi connectivity index (χ1) is 10.1. The molecule has 0 aliphatic heterocycles. The maximum atomic E-state index is 5.54. The average molecular weight is 288 g/mol. The van der Waals surface area contributed by atoms with E-state index in [1.54, 1.807) is 0 Å². The van der Waals surface area contributed by atoms with Crippen molar-refractivity contribution < 1.29 is 4.74 Å². The molecule has 21 heavy (non-hydrogen) atoms. The number of terminal acetylenes is 1. The molecular weight excluding hydrogens is 260 g/mol. The smallest absolute Gasteiger partial charge is 0.148 e. The number of nitrogens with zero attached hydrogens (tertiary/aromatic N) is 1. The predicted octanol–water partition coefficient (Wildman–Crippen LogP) is 2.91. The highest BCUT2D eigenvalue weighted by Gasteiger charge is 2.03. The van der Waals surface area contributed by atoms with Crippen LogP contribution >= 0.6 is 0 Å². The number of para-hydroxylation sites is 1. The summed E-state index contributed by atoms with van der Waals surface area (Å²) in [6.45, 7) is 7.77. The SMILES string of the molecule is C#CCOc1ccccc1CNCCCCN(C)C(C)C. The highest BCUT2D eigenvalue weighted by molar-refractivity contribution is 5.33. The topological polar surface area (TPSA) is 24.5 Å². The van der Waals surface area contributed by atoms with Crippen molar-refractivity contribution in [1.82, 2.24) is 10.2 Å². The lowest BCUT2D eigenvalue weighted by atomic mass is 10.2. The average Bonchev–Trinajstić information content (AvgIpc) is 2.49. The maximum Gasteiger partial charge on any atom is 0.148 e. The normalized spacial score (nSPS) is 10.9. The third-order valence-electron chi connectivity index (χ3n) is 3.59. The van der Waals surface area contributed by atoms with E-state index in [0.29, 0.717) is 12.6 Å². The minimum absolute atomic E-state index is 0.318. The van der Waals surface area contributed by atoms with Gasteiger partial charge in [0.1, 0.15) is 12.4 Å². The summed E-state index contributed by atoms with van der Waals surface area (Å²) in [6, 6.07) is 8.66. The monoisotopic (exact) mass is 288 g/mol. The Balaban J connectivity index is 2.22. The Labute approximate surface area is 129 Å². The lowest BCUT2D eigenvalue weighted by Gasteiger charge is -2.20. The van der Waals surface area contributed by atoms with E-state index >= 15 is 0 Å². The number of rotatable bonds is 10. The van der Waals surface area contributed by atoms with Crippen LogP contribution in [0.1, 0.15) is 32.3 Å². The van der Waals surface area contributed by atoms with E-state index in [-0.39, 0.29) is 0 Å². The van der Waals surface area contributed by atoms with Crippen LogP contribution in [0, 0.1) is 12.3 Å². The van der Waals surface area contributed by atoms with Gasteiger partial charge in [0.05, 0.1) is 0 Å². The van der Waals surface area contributed by atoms with Crippen molar-refractivity contribution in [3.05, 3.63) is 29.8 Å². The predicted molar refractivity (Wildman–Crippen MR) is 89.5 cm³/mol. The minimum Gasteiger partial charge on any atom is -0.481 e. The maximum absolute atomic E-state index is 5.54. The second kappa shape index (κ2) is 10.3. The zero-order valence-corrected chi connectivity index (χ0v) is 13.6. The highest BCUT2D eigenvalue weighted by Crippen LogP contribution is 2.17. The molecule has 0 heterocycles. The summed E-state index contributed by atoms with van der Waals surface area (Å²) in [5.41, 5.74) is 1.16. The molecule has 1 N–H and O–H groups in total. The minimum atomic E-state index is 0.318. The number of hydrogen-bond donors (Lipinski definition) is 1. The number of hydrogen-bond acceptors (Lipinski definition) is 3. The van der Waals surface area contributed by atoms with Gasteiger partial charge in [-0.05, 0) is 52.9 Å². The lowest BCUT2D eigenvalue weighted by Crippen LogP contribution is -2.27. The molecular formula is C18H28N2O. The van der Waals surface area contributed by atoms with E-state index in [0.717, 1.165) is 30.9 Å². The Kier molecular flexibility index (Phi) is 8.57. The van der Waals surface area contributed by atoms with Gasteiger partial charge >= 0.3 is 0 Å². The third kappa shape index (κ3) is 7.17. The summed E-state index contributed by atoms with van der Waals surface area (Å²) in [5, 5.41) is 3.47. The van der Waals surface area contributed by atoms with Crippen LogP contribution in [0.15, 0.2) is 24.3 Å². The van der Waals surface area contributed by atoms with Crippen molar-refractivity contribution >= 4 is 0 Å². The van der Waals surface area contributed by atoms with Crippen LogP contribution in [0.3, 0.4) is 0 Å². The Hall–Kier alpha value is -1.50. The largest absolute Gasteiger partial charge is 0.481 e. The van der Waals surface area contributed by atoms with Gasteiger partial charge in [-0.1, -0.05) is 24.1 Å².